The van der Waals surface area contributed by atoms with Crippen LogP contribution in [-0.4, -0.2) is 93.5 Å². The summed E-state index contributed by atoms with van der Waals surface area (Å²) in [6.07, 6.45) is 3.71. The molecular formula is C37H47F2N3O13Zr. The fraction of sp³-hybridized carbons (Fsp3) is 0.486. The molecule has 1 saturated carbocycles. The van der Waals surface area contributed by atoms with Crippen molar-refractivity contribution in [2.24, 2.45) is 17.8 Å². The van der Waals surface area contributed by atoms with Crippen LogP contribution in [0.5, 0.6) is 11.5 Å². The van der Waals surface area contributed by atoms with E-state index in [1.54, 1.807) is 0 Å². The van der Waals surface area contributed by atoms with Crippen LogP contribution in [0.15, 0.2) is 70.6 Å². The molecule has 16 nitrogen and oxygen atoms in total. The van der Waals surface area contributed by atoms with Crippen molar-refractivity contribution in [3.05, 3.63) is 81.7 Å². The predicted octanol–water partition coefficient (Wildman–Crippen LogP) is 2.93. The van der Waals surface area contributed by atoms with E-state index in [0.717, 1.165) is 0 Å². The molecule has 0 aromatic carbocycles. The third kappa shape index (κ3) is 15.7. The Morgan fingerprint density at radius 1 is 0.714 bits per heavy atom. The van der Waals surface area contributed by atoms with Crippen LogP contribution in [0, 0.1) is 17.8 Å². The van der Waals surface area contributed by atoms with E-state index in [-0.39, 0.29) is 88.9 Å². The van der Waals surface area contributed by atoms with E-state index in [0.29, 0.717) is 12.8 Å². The Kier molecular flexibility index (Phi) is 20.7. The van der Waals surface area contributed by atoms with Crippen LogP contribution in [-0.2, 0) is 80.5 Å². The molecular weight excluding hydrogens is 824 g/mol. The summed E-state index contributed by atoms with van der Waals surface area (Å²) in [4.78, 5) is 90.4. The topological polar surface area (TPSA) is 210 Å². The molecule has 1 fully saturated rings. The molecule has 19 heteroatoms. The van der Waals surface area contributed by atoms with Gasteiger partial charge in [0.2, 0.25) is 5.91 Å². The van der Waals surface area contributed by atoms with Gasteiger partial charge in [0.15, 0.2) is 11.5 Å². The van der Waals surface area contributed by atoms with Crippen LogP contribution in [0.3, 0.4) is 0 Å². The van der Waals surface area contributed by atoms with Gasteiger partial charge < -0.3 is 43.2 Å². The molecule has 3 rings (SSSR count). The third-order valence-corrected chi connectivity index (χ3v) is 8.51. The quantitative estimate of drug-likeness (QED) is 0.0902. The maximum absolute atomic E-state index is 14.2. The van der Waals surface area contributed by atoms with Gasteiger partial charge in [-0.3, -0.25) is 24.0 Å². The first-order valence-corrected chi connectivity index (χ1v) is 19.5. The minimum absolute atomic E-state index is 0.0133. The standard InChI is InChI=1S/C37H47N3O13.2FH.Zr/c1-24(2)34(46)50-17-19-52-36(48)27-21-26(22-28(23-27)37(49)53-20-18-51-35(47)25(3)4)31(43)38(13-7-15-39-11-5-9-29(41)32(39)44)14-8-16-40-12-6-10-30(42)33(40)45;;;/h5-6,9-12,26-28,41-42H,1,3,7-8,13-23H2,2,4H3;2*1H;/q;;;+2/p-2. The first-order valence-electron chi connectivity index (χ1n) is 17.6. The number of aryl methyl sites for hydroxylation is 2. The molecule has 2 atom stereocenters. The van der Waals surface area contributed by atoms with Crippen LogP contribution < -0.4 is 11.1 Å². The number of carbonyl (C=O) groups excluding carboxylic acids is 5. The van der Waals surface area contributed by atoms with Crippen LogP contribution in [0.4, 0.5) is 5.25 Å². The summed E-state index contributed by atoms with van der Waals surface area (Å²) in [5.74, 6) is -6.53. The number of amides is 1. The second kappa shape index (κ2) is 24.6. The van der Waals surface area contributed by atoms with Gasteiger partial charge in [-0.1, -0.05) is 13.2 Å². The second-order valence-electron chi connectivity index (χ2n) is 12.9. The number of hydrogen-bond donors (Lipinski definition) is 2. The molecule has 0 aliphatic heterocycles. The van der Waals surface area contributed by atoms with Crippen molar-refractivity contribution < 1.29 is 82.8 Å². The first-order chi connectivity index (χ1) is 26.6. The van der Waals surface area contributed by atoms with E-state index >= 15 is 0 Å². The molecule has 2 heterocycles. The number of pyridine rings is 2. The fourth-order valence-corrected chi connectivity index (χ4v) is 5.80. The number of esters is 4. The summed E-state index contributed by atoms with van der Waals surface area (Å²) in [7, 11) is 0. The average Bonchev–Trinajstić information content (AvgIpc) is 3.17. The van der Waals surface area contributed by atoms with Crippen molar-refractivity contribution >= 4 is 29.8 Å². The molecule has 2 unspecified atom stereocenters. The molecule has 0 radical (unpaired) electrons. The number of nitrogens with zero attached hydrogens (tertiary/aromatic N) is 3. The molecule has 0 saturated heterocycles. The Labute approximate surface area is 335 Å². The van der Waals surface area contributed by atoms with Crippen molar-refractivity contribution in [1.82, 2.24) is 14.0 Å². The number of carbonyl (C=O) groups is 5. The van der Waals surface area contributed by atoms with E-state index in [2.05, 4.69) is 13.2 Å². The zero-order valence-corrected chi connectivity index (χ0v) is 33.7. The van der Waals surface area contributed by atoms with Gasteiger partial charge in [-0.2, -0.15) is 0 Å². The maximum atomic E-state index is 14.2. The number of halogens is 2. The normalized spacial score (nSPS) is 15.9. The van der Waals surface area contributed by atoms with Crippen LogP contribution in [0.2, 0.25) is 0 Å². The van der Waals surface area contributed by atoms with Crippen LogP contribution in [0.1, 0.15) is 46.0 Å². The Balaban J connectivity index is 0.00000349. The summed E-state index contributed by atoms with van der Waals surface area (Å²) in [5.41, 5.74) is -0.832. The zero-order chi connectivity index (χ0) is 41.8. The van der Waals surface area contributed by atoms with E-state index in [1.165, 1.54) is 64.5 Å². The molecule has 1 aliphatic rings. The molecule has 2 aromatic rings. The first kappa shape index (κ1) is 47.2. The van der Waals surface area contributed by atoms with Gasteiger partial charge in [0.1, 0.15) is 26.4 Å². The summed E-state index contributed by atoms with van der Waals surface area (Å²) in [6, 6.07) is 5.57. The molecule has 0 bridgehead atoms. The van der Waals surface area contributed by atoms with Gasteiger partial charge >= 0.3 is 53.6 Å². The van der Waals surface area contributed by atoms with Crippen LogP contribution >= 0.6 is 0 Å². The number of hydrogen-bond acceptors (Lipinski definition) is 13. The van der Waals surface area contributed by atoms with Gasteiger partial charge in [0.05, 0.1) is 11.8 Å². The SMILES string of the molecule is C=C(C)C(=O)OCCOC(=O)C1CC(C(=O)OCCOC(=O)C(=C)C)CC(C(=O)N(CCCn2cccc(O)c2=O)CCCn2cccc(O)c2=O)C1.[F][Zr][F]. The number of ether oxygens (including phenoxy) is 4. The Morgan fingerprint density at radius 2 is 1.07 bits per heavy atom. The Bertz CT molecular complexity index is 1700. The van der Waals surface area contributed by atoms with Gasteiger partial charge in [-0.05, 0) is 70.2 Å². The van der Waals surface area contributed by atoms with E-state index < -0.39 is 88.7 Å². The van der Waals surface area contributed by atoms with Crippen molar-refractivity contribution in [3.63, 3.8) is 0 Å². The molecule has 1 aliphatic carbocycles. The van der Waals surface area contributed by atoms with Gasteiger partial charge in [0, 0.05) is 55.6 Å². The molecule has 1 amide bonds. The summed E-state index contributed by atoms with van der Waals surface area (Å²) >= 11 is -2.77. The number of rotatable bonds is 19. The predicted molar refractivity (Wildman–Crippen MR) is 191 cm³/mol. The fourth-order valence-electron chi connectivity index (χ4n) is 5.80. The summed E-state index contributed by atoms with van der Waals surface area (Å²) < 4.78 is 42.9. The van der Waals surface area contributed by atoms with E-state index in [4.69, 9.17) is 18.9 Å². The molecule has 306 valence electrons. The molecule has 56 heavy (non-hydrogen) atoms. The van der Waals surface area contributed by atoms with Crippen molar-refractivity contribution in [2.45, 2.75) is 59.0 Å². The number of aromatic hydroxyl groups is 2. The molecule has 2 aromatic heterocycles. The zero-order valence-electron chi connectivity index (χ0n) is 31.3. The third-order valence-electron chi connectivity index (χ3n) is 8.51. The molecule has 2 N–H and O–H groups in total. The Hall–Kier alpha value is -4.93. The van der Waals surface area contributed by atoms with Crippen LogP contribution in [0.25, 0.3) is 0 Å². The summed E-state index contributed by atoms with van der Waals surface area (Å²) in [6.45, 7) is 9.60. The van der Waals surface area contributed by atoms with E-state index in [1.807, 2.05) is 0 Å². The van der Waals surface area contributed by atoms with Gasteiger partial charge in [0.25, 0.3) is 11.1 Å². The minimum atomic E-state index is -2.77. The Morgan fingerprint density at radius 3 is 1.45 bits per heavy atom. The van der Waals surface area contributed by atoms with Crippen molar-refractivity contribution in [3.8, 4) is 11.5 Å². The molecule has 0 spiro atoms. The number of aromatic nitrogens is 2. The average molecular weight is 871 g/mol. The monoisotopic (exact) mass is 869 g/mol. The van der Waals surface area contributed by atoms with Crippen molar-refractivity contribution in [1.29, 1.82) is 0 Å². The second-order valence-corrected chi connectivity index (χ2v) is 13.2. The van der Waals surface area contributed by atoms with Crippen molar-refractivity contribution in [2.75, 3.05) is 39.5 Å². The summed E-state index contributed by atoms with van der Waals surface area (Å²) in [5, 5.41) is 19.7. The van der Waals surface area contributed by atoms with Gasteiger partial charge in [-0.25, -0.2) is 9.59 Å². The van der Waals surface area contributed by atoms with E-state index in [9.17, 15) is 49.0 Å². The van der Waals surface area contributed by atoms with Gasteiger partial charge in [-0.15, -0.1) is 0 Å².